The van der Waals surface area contributed by atoms with E-state index in [1.165, 1.54) is 0 Å². The van der Waals surface area contributed by atoms with Gasteiger partial charge in [-0.05, 0) is 25.7 Å². The fourth-order valence-electron chi connectivity index (χ4n) is 3.14. The summed E-state index contributed by atoms with van der Waals surface area (Å²) in [4.78, 5) is 16.3. The molecule has 0 aromatic carbocycles. The average Bonchev–Trinajstić information content (AvgIpc) is 3.07. The second-order valence-electron chi connectivity index (χ2n) is 5.51. The molecule has 2 aliphatic carbocycles. The first-order valence-electron chi connectivity index (χ1n) is 6.96. The number of nitrogens with two attached hydrogens (primary N) is 1. The Morgan fingerprint density at radius 1 is 1.37 bits per heavy atom. The molecule has 3 N–H and O–H groups in total. The molecule has 0 bridgehead atoms. The van der Waals surface area contributed by atoms with E-state index in [-0.39, 0.29) is 23.9 Å². The molecule has 1 saturated carbocycles. The quantitative estimate of drug-likeness (QED) is 0.796. The van der Waals surface area contributed by atoms with Crippen LogP contribution >= 0.6 is 0 Å². The molecule has 5 nitrogen and oxygen atoms in total. The summed E-state index contributed by atoms with van der Waals surface area (Å²) in [5.74, 6) is 0.0558. The van der Waals surface area contributed by atoms with Gasteiger partial charge < -0.3 is 15.6 Å². The highest BCUT2D eigenvalue weighted by molar-refractivity contribution is 5.81. The van der Waals surface area contributed by atoms with Crippen LogP contribution in [0.1, 0.15) is 31.7 Å². The molecule has 1 fully saturated rings. The lowest BCUT2D eigenvalue weighted by Crippen LogP contribution is -2.41. The minimum absolute atomic E-state index is 0.0313. The van der Waals surface area contributed by atoms with Crippen molar-refractivity contribution in [3.8, 4) is 0 Å². The van der Waals surface area contributed by atoms with Gasteiger partial charge in [-0.25, -0.2) is 4.98 Å². The number of rotatable bonds is 3. The maximum Gasteiger partial charge on any atom is 0.227 e. The van der Waals surface area contributed by atoms with Crippen LogP contribution in [-0.2, 0) is 4.79 Å². The van der Waals surface area contributed by atoms with Gasteiger partial charge in [0.2, 0.25) is 5.91 Å². The molecular formula is C14H20N4O. The first-order valence-corrected chi connectivity index (χ1v) is 6.96. The number of imidazole rings is 1. The Bertz CT molecular complexity index is 468. The van der Waals surface area contributed by atoms with Crippen LogP contribution in [0.3, 0.4) is 0 Å². The first-order chi connectivity index (χ1) is 9.24. The SMILES string of the molecule is NC1C=CC(C(=O)NC2CCCC2n2ccnc2)C1. The van der Waals surface area contributed by atoms with Crippen LogP contribution in [0.15, 0.2) is 30.9 Å². The van der Waals surface area contributed by atoms with Gasteiger partial charge in [0.25, 0.3) is 0 Å². The van der Waals surface area contributed by atoms with Crippen LogP contribution < -0.4 is 11.1 Å². The summed E-state index contributed by atoms with van der Waals surface area (Å²) in [7, 11) is 0. The third-order valence-corrected chi connectivity index (χ3v) is 4.17. The van der Waals surface area contributed by atoms with E-state index >= 15 is 0 Å². The van der Waals surface area contributed by atoms with Crippen molar-refractivity contribution in [2.24, 2.45) is 11.7 Å². The highest BCUT2D eigenvalue weighted by Gasteiger charge is 2.32. The van der Waals surface area contributed by atoms with Crippen molar-refractivity contribution < 1.29 is 4.79 Å². The number of carbonyl (C=O) groups is 1. The zero-order chi connectivity index (χ0) is 13.2. The molecule has 1 aromatic rings. The van der Waals surface area contributed by atoms with Gasteiger partial charge in [0.05, 0.1) is 18.3 Å². The molecule has 0 radical (unpaired) electrons. The predicted octanol–water partition coefficient (Wildman–Crippen LogP) is 0.996. The summed E-state index contributed by atoms with van der Waals surface area (Å²) in [5.41, 5.74) is 5.80. The van der Waals surface area contributed by atoms with E-state index in [9.17, 15) is 4.79 Å². The second kappa shape index (κ2) is 5.17. The fraction of sp³-hybridized carbons (Fsp3) is 0.571. The van der Waals surface area contributed by atoms with Crippen molar-refractivity contribution in [1.82, 2.24) is 14.9 Å². The summed E-state index contributed by atoms with van der Waals surface area (Å²) in [6, 6.07) is 0.584. The number of hydrogen-bond acceptors (Lipinski definition) is 3. The van der Waals surface area contributed by atoms with Gasteiger partial charge >= 0.3 is 0 Å². The van der Waals surface area contributed by atoms with Crippen molar-refractivity contribution >= 4 is 5.91 Å². The van der Waals surface area contributed by atoms with E-state index in [1.807, 2.05) is 24.7 Å². The third-order valence-electron chi connectivity index (χ3n) is 4.17. The van der Waals surface area contributed by atoms with E-state index in [1.54, 1.807) is 6.20 Å². The molecule has 1 heterocycles. The fourth-order valence-corrected chi connectivity index (χ4v) is 3.14. The molecule has 4 atom stereocenters. The van der Waals surface area contributed by atoms with Gasteiger partial charge in [-0.15, -0.1) is 0 Å². The van der Waals surface area contributed by atoms with E-state index in [0.29, 0.717) is 6.04 Å². The molecule has 19 heavy (non-hydrogen) atoms. The van der Waals surface area contributed by atoms with E-state index < -0.39 is 0 Å². The highest BCUT2D eigenvalue weighted by atomic mass is 16.1. The molecule has 0 spiro atoms. The van der Waals surface area contributed by atoms with Gasteiger partial charge in [-0.3, -0.25) is 4.79 Å². The van der Waals surface area contributed by atoms with Gasteiger partial charge in [0.1, 0.15) is 0 Å². The smallest absolute Gasteiger partial charge is 0.227 e. The van der Waals surface area contributed by atoms with Crippen molar-refractivity contribution in [2.45, 2.75) is 43.8 Å². The number of carbonyl (C=O) groups excluding carboxylic acids is 1. The molecule has 1 amide bonds. The zero-order valence-electron chi connectivity index (χ0n) is 10.9. The summed E-state index contributed by atoms with van der Waals surface area (Å²) in [6.45, 7) is 0. The normalized spacial score (nSPS) is 33.7. The number of nitrogens with one attached hydrogen (secondary N) is 1. The molecule has 4 unspecified atom stereocenters. The Hall–Kier alpha value is -1.62. The molecule has 0 aliphatic heterocycles. The van der Waals surface area contributed by atoms with Crippen LogP contribution in [0.4, 0.5) is 0 Å². The average molecular weight is 260 g/mol. The van der Waals surface area contributed by atoms with Crippen molar-refractivity contribution in [3.63, 3.8) is 0 Å². The lowest BCUT2D eigenvalue weighted by atomic mass is 10.1. The standard InChI is InChI=1S/C14H20N4O/c15-11-5-4-10(8-11)14(19)17-12-2-1-3-13(12)18-7-6-16-9-18/h4-7,9-13H,1-3,8,15H2,(H,17,19). The van der Waals surface area contributed by atoms with Gasteiger partial charge in [-0.2, -0.15) is 0 Å². The van der Waals surface area contributed by atoms with E-state index in [2.05, 4.69) is 14.9 Å². The van der Waals surface area contributed by atoms with Gasteiger partial charge in [0.15, 0.2) is 0 Å². The molecule has 102 valence electrons. The van der Waals surface area contributed by atoms with Crippen LogP contribution in [0.2, 0.25) is 0 Å². The number of aromatic nitrogens is 2. The van der Waals surface area contributed by atoms with E-state index in [4.69, 9.17) is 5.73 Å². The summed E-state index contributed by atoms with van der Waals surface area (Å²) < 4.78 is 2.11. The topological polar surface area (TPSA) is 72.9 Å². The maximum absolute atomic E-state index is 12.2. The molecule has 0 saturated heterocycles. The Kier molecular flexibility index (Phi) is 3.38. The summed E-state index contributed by atoms with van der Waals surface area (Å²) >= 11 is 0. The van der Waals surface area contributed by atoms with Crippen molar-refractivity contribution in [1.29, 1.82) is 0 Å². The van der Waals surface area contributed by atoms with Crippen LogP contribution in [0, 0.1) is 5.92 Å². The minimum Gasteiger partial charge on any atom is -0.351 e. The number of amides is 1. The van der Waals surface area contributed by atoms with Crippen LogP contribution in [0.25, 0.3) is 0 Å². The second-order valence-corrected chi connectivity index (χ2v) is 5.51. The molecule has 3 rings (SSSR count). The van der Waals surface area contributed by atoms with Gasteiger partial charge in [0, 0.05) is 24.5 Å². The summed E-state index contributed by atoms with van der Waals surface area (Å²) in [5, 5.41) is 3.19. The molecule has 2 aliphatic rings. The van der Waals surface area contributed by atoms with Crippen LogP contribution in [0.5, 0.6) is 0 Å². The summed E-state index contributed by atoms with van der Waals surface area (Å²) in [6.07, 6.45) is 13.5. The largest absolute Gasteiger partial charge is 0.351 e. The van der Waals surface area contributed by atoms with Crippen LogP contribution in [-0.4, -0.2) is 27.5 Å². The number of nitrogens with zero attached hydrogens (tertiary/aromatic N) is 2. The first kappa shape index (κ1) is 12.4. The van der Waals surface area contributed by atoms with E-state index in [0.717, 1.165) is 25.7 Å². The van der Waals surface area contributed by atoms with Gasteiger partial charge in [-0.1, -0.05) is 12.2 Å². The molecular weight excluding hydrogens is 240 g/mol. The molecule has 1 aromatic heterocycles. The maximum atomic E-state index is 12.2. The Balaban J connectivity index is 1.63. The lowest BCUT2D eigenvalue weighted by Gasteiger charge is -2.23. The van der Waals surface area contributed by atoms with Crippen molar-refractivity contribution in [2.75, 3.05) is 0 Å². The predicted molar refractivity (Wildman–Crippen MR) is 72.3 cm³/mol. The molecule has 5 heteroatoms. The monoisotopic (exact) mass is 260 g/mol. The third kappa shape index (κ3) is 2.56. The Morgan fingerprint density at radius 2 is 2.26 bits per heavy atom. The zero-order valence-corrected chi connectivity index (χ0v) is 10.9. The van der Waals surface area contributed by atoms with Crippen molar-refractivity contribution in [3.05, 3.63) is 30.9 Å². The lowest BCUT2D eigenvalue weighted by molar-refractivity contribution is -0.124. The number of hydrogen-bond donors (Lipinski definition) is 2. The Morgan fingerprint density at radius 3 is 2.95 bits per heavy atom. The Labute approximate surface area is 112 Å². The highest BCUT2D eigenvalue weighted by Crippen LogP contribution is 2.30. The minimum atomic E-state index is -0.0564.